The number of nitriles is 1. The lowest BCUT2D eigenvalue weighted by molar-refractivity contribution is 0.625. The first-order valence-electron chi connectivity index (χ1n) is 6.76. The van der Waals surface area contributed by atoms with Crippen molar-refractivity contribution >= 4 is 10.9 Å². The summed E-state index contributed by atoms with van der Waals surface area (Å²) in [7, 11) is 0. The third-order valence-corrected chi connectivity index (χ3v) is 3.61. The van der Waals surface area contributed by atoms with Crippen LogP contribution in [0.1, 0.15) is 18.2 Å². The number of hydrogen-bond acceptors (Lipinski definition) is 3. The van der Waals surface area contributed by atoms with Crippen molar-refractivity contribution in [3.63, 3.8) is 0 Å². The maximum Gasteiger partial charge on any atom is 0.291 e. The molecule has 0 unspecified atom stereocenters. The first-order chi connectivity index (χ1) is 10.2. The van der Waals surface area contributed by atoms with E-state index in [4.69, 9.17) is 0 Å². The maximum absolute atomic E-state index is 12.4. The molecule has 0 bridgehead atoms. The number of hydrogen-bond donors (Lipinski definition) is 1. The Labute approximate surface area is 121 Å². The zero-order valence-corrected chi connectivity index (χ0v) is 11.8. The Bertz CT molecular complexity index is 913. The lowest BCUT2D eigenvalue weighted by Gasteiger charge is -2.08. The van der Waals surface area contributed by atoms with E-state index >= 15 is 0 Å². The van der Waals surface area contributed by atoms with E-state index < -0.39 is 0 Å². The fraction of sp³-hybridized carbons (Fsp3) is 0.188. The van der Waals surface area contributed by atoms with Gasteiger partial charge in [0.05, 0.1) is 0 Å². The van der Waals surface area contributed by atoms with E-state index in [1.807, 2.05) is 44.2 Å². The summed E-state index contributed by atoms with van der Waals surface area (Å²) in [4.78, 5) is 15.3. The van der Waals surface area contributed by atoms with Gasteiger partial charge in [0.2, 0.25) is 0 Å². The van der Waals surface area contributed by atoms with Crippen molar-refractivity contribution in [3.05, 3.63) is 51.9 Å². The number of nitrogens with one attached hydrogen (secondary N) is 1. The summed E-state index contributed by atoms with van der Waals surface area (Å²) in [6.07, 6.45) is 0. The summed E-state index contributed by atoms with van der Waals surface area (Å²) >= 11 is 0. The molecule has 3 aromatic rings. The number of aromatic nitrogens is 3. The monoisotopic (exact) mass is 278 g/mol. The molecule has 2 aromatic heterocycles. The molecule has 1 aromatic carbocycles. The number of rotatable bonds is 2. The molecule has 0 fully saturated rings. The summed E-state index contributed by atoms with van der Waals surface area (Å²) in [5.41, 5.74) is 3.07. The van der Waals surface area contributed by atoms with Crippen LogP contribution in [0.4, 0.5) is 0 Å². The van der Waals surface area contributed by atoms with Gasteiger partial charge >= 0.3 is 0 Å². The van der Waals surface area contributed by atoms with Crippen LogP contribution in [0.5, 0.6) is 0 Å². The van der Waals surface area contributed by atoms with Gasteiger partial charge in [-0.25, -0.2) is 4.68 Å². The van der Waals surface area contributed by atoms with Crippen molar-refractivity contribution in [1.82, 2.24) is 14.8 Å². The zero-order valence-electron chi connectivity index (χ0n) is 11.8. The number of benzene rings is 1. The number of aryl methyl sites for hydroxylation is 2. The van der Waals surface area contributed by atoms with Crippen LogP contribution in [-0.4, -0.2) is 14.8 Å². The molecular weight excluding hydrogens is 264 g/mol. The van der Waals surface area contributed by atoms with Crippen LogP contribution in [0.2, 0.25) is 0 Å². The van der Waals surface area contributed by atoms with Crippen molar-refractivity contribution in [2.45, 2.75) is 20.4 Å². The summed E-state index contributed by atoms with van der Waals surface area (Å²) < 4.78 is 1.42. The smallest absolute Gasteiger partial charge is 0.291 e. The van der Waals surface area contributed by atoms with Gasteiger partial charge in [-0.15, -0.1) is 0 Å². The molecule has 0 saturated carbocycles. The molecule has 5 heteroatoms. The molecule has 2 heterocycles. The number of H-pyrrole nitrogens is 1. The number of aromatic amines is 1. The standard InChI is InChI=1S/C16H14N4O/c1-3-20-16(21)15-13(10(2)12(9-17)18-15)14(19-20)11-7-5-4-6-8-11/h4-8,18H,3H2,1-2H3. The van der Waals surface area contributed by atoms with Crippen LogP contribution in [0, 0.1) is 18.3 Å². The fourth-order valence-corrected chi connectivity index (χ4v) is 2.52. The van der Waals surface area contributed by atoms with Crippen molar-refractivity contribution < 1.29 is 0 Å². The second-order valence-corrected chi connectivity index (χ2v) is 4.82. The molecule has 104 valence electrons. The van der Waals surface area contributed by atoms with Crippen molar-refractivity contribution in [2.75, 3.05) is 0 Å². The summed E-state index contributed by atoms with van der Waals surface area (Å²) in [6.45, 7) is 4.19. The Morgan fingerprint density at radius 3 is 2.67 bits per heavy atom. The van der Waals surface area contributed by atoms with E-state index in [9.17, 15) is 10.1 Å². The van der Waals surface area contributed by atoms with Gasteiger partial charge in [-0.2, -0.15) is 10.4 Å². The Hall–Kier alpha value is -2.87. The highest BCUT2D eigenvalue weighted by molar-refractivity contribution is 5.96. The lowest BCUT2D eigenvalue weighted by Crippen LogP contribution is -2.23. The van der Waals surface area contributed by atoms with Crippen molar-refractivity contribution in [3.8, 4) is 17.3 Å². The normalized spacial score (nSPS) is 10.7. The van der Waals surface area contributed by atoms with Gasteiger partial charge in [0.25, 0.3) is 5.56 Å². The molecule has 0 aliphatic heterocycles. The summed E-state index contributed by atoms with van der Waals surface area (Å²) in [6, 6.07) is 11.8. The van der Waals surface area contributed by atoms with Gasteiger partial charge in [0.15, 0.2) is 0 Å². The number of nitrogens with zero attached hydrogens (tertiary/aromatic N) is 3. The van der Waals surface area contributed by atoms with E-state index in [0.717, 1.165) is 22.2 Å². The Morgan fingerprint density at radius 2 is 2.05 bits per heavy atom. The van der Waals surface area contributed by atoms with Crippen LogP contribution in [-0.2, 0) is 6.54 Å². The van der Waals surface area contributed by atoms with Gasteiger partial charge in [0, 0.05) is 17.5 Å². The van der Waals surface area contributed by atoms with Gasteiger partial charge < -0.3 is 4.98 Å². The van der Waals surface area contributed by atoms with Crippen LogP contribution < -0.4 is 5.56 Å². The van der Waals surface area contributed by atoms with Gasteiger partial charge in [-0.1, -0.05) is 30.3 Å². The quantitative estimate of drug-likeness (QED) is 0.783. The van der Waals surface area contributed by atoms with Crippen molar-refractivity contribution in [1.29, 1.82) is 5.26 Å². The average Bonchev–Trinajstić information content (AvgIpc) is 2.86. The predicted molar refractivity (Wildman–Crippen MR) is 80.9 cm³/mol. The SMILES string of the molecule is CCn1nc(-c2ccccc2)c2c(C)c(C#N)[nH]c2c1=O. The molecule has 0 saturated heterocycles. The van der Waals surface area contributed by atoms with Crippen LogP contribution in [0.25, 0.3) is 22.2 Å². The Balaban J connectivity index is 2.49. The first-order valence-corrected chi connectivity index (χ1v) is 6.76. The number of fused-ring (bicyclic) bond motifs is 1. The molecule has 0 spiro atoms. The average molecular weight is 278 g/mol. The minimum absolute atomic E-state index is 0.197. The molecule has 5 nitrogen and oxygen atoms in total. The third-order valence-electron chi connectivity index (χ3n) is 3.61. The fourth-order valence-electron chi connectivity index (χ4n) is 2.52. The van der Waals surface area contributed by atoms with Crippen LogP contribution in [0.15, 0.2) is 35.1 Å². The highest BCUT2D eigenvalue weighted by Crippen LogP contribution is 2.28. The molecule has 0 aliphatic carbocycles. The lowest BCUT2D eigenvalue weighted by atomic mass is 10.1. The minimum atomic E-state index is -0.197. The zero-order chi connectivity index (χ0) is 15.0. The topological polar surface area (TPSA) is 74.5 Å². The first kappa shape index (κ1) is 13.1. The second-order valence-electron chi connectivity index (χ2n) is 4.82. The molecular formula is C16H14N4O. The van der Waals surface area contributed by atoms with Crippen molar-refractivity contribution in [2.24, 2.45) is 0 Å². The molecule has 21 heavy (non-hydrogen) atoms. The van der Waals surface area contributed by atoms with E-state index in [0.29, 0.717) is 17.8 Å². The highest BCUT2D eigenvalue weighted by Gasteiger charge is 2.18. The predicted octanol–water partition coefficient (Wildman–Crippen LogP) is 2.59. The van der Waals surface area contributed by atoms with Gasteiger partial charge in [0.1, 0.15) is 23.0 Å². The Kier molecular flexibility index (Phi) is 3.07. The van der Waals surface area contributed by atoms with E-state index in [-0.39, 0.29) is 5.56 Å². The molecule has 0 amide bonds. The van der Waals surface area contributed by atoms with E-state index in [1.165, 1.54) is 4.68 Å². The molecule has 0 radical (unpaired) electrons. The molecule has 3 rings (SSSR count). The summed E-state index contributed by atoms with van der Waals surface area (Å²) in [5, 5.41) is 14.4. The van der Waals surface area contributed by atoms with Gasteiger partial charge in [-0.3, -0.25) is 4.79 Å². The van der Waals surface area contributed by atoms with Crippen LogP contribution in [0.3, 0.4) is 0 Å². The minimum Gasteiger partial charge on any atom is -0.341 e. The molecule has 1 N–H and O–H groups in total. The molecule has 0 atom stereocenters. The highest BCUT2D eigenvalue weighted by atomic mass is 16.1. The molecule has 0 aliphatic rings. The largest absolute Gasteiger partial charge is 0.341 e. The third kappa shape index (κ3) is 1.93. The van der Waals surface area contributed by atoms with E-state index in [2.05, 4.69) is 16.2 Å². The van der Waals surface area contributed by atoms with E-state index in [1.54, 1.807) is 0 Å². The maximum atomic E-state index is 12.4. The second kappa shape index (κ2) is 4.91. The Morgan fingerprint density at radius 1 is 1.33 bits per heavy atom. The van der Waals surface area contributed by atoms with Crippen LogP contribution >= 0.6 is 0 Å². The van der Waals surface area contributed by atoms with Gasteiger partial charge in [-0.05, 0) is 19.4 Å². The summed E-state index contributed by atoms with van der Waals surface area (Å²) in [5.74, 6) is 0.